The summed E-state index contributed by atoms with van der Waals surface area (Å²) >= 11 is 10.4. The maximum atomic E-state index is 5.14. The molecule has 4 heteroatoms. The summed E-state index contributed by atoms with van der Waals surface area (Å²) in [6, 6.07) is 12.7. The minimum absolute atomic E-state index is 0.959. The fourth-order valence-electron chi connectivity index (χ4n) is 1.47. The van der Waals surface area contributed by atoms with Gasteiger partial charge in [-0.1, -0.05) is 23.1 Å². The van der Waals surface area contributed by atoms with Gasteiger partial charge in [-0.05, 0) is 23.6 Å². The van der Waals surface area contributed by atoms with Gasteiger partial charge in [0.05, 0.1) is 0 Å². The molecule has 0 aliphatic heterocycles. The molecular weight excluding hydrogens is 272 g/mol. The highest BCUT2D eigenvalue weighted by atomic mass is 32.2. The Hall–Kier alpha value is -0.680. The molecule has 0 nitrogen and oxygen atoms in total. The van der Waals surface area contributed by atoms with Crippen molar-refractivity contribution in [1.29, 1.82) is 0 Å². The summed E-state index contributed by atoms with van der Waals surface area (Å²) in [5, 5.41) is 2.11. The SMILES string of the molecule is [S-]c1ccc(-c2ccc(-c3cccs3)s2)s1. The Balaban J connectivity index is 2.00. The Bertz CT molecular complexity index is 586. The van der Waals surface area contributed by atoms with Crippen molar-refractivity contribution in [3.05, 3.63) is 41.8 Å². The van der Waals surface area contributed by atoms with E-state index in [0.717, 1.165) is 4.21 Å². The predicted octanol–water partition coefficient (Wildman–Crippen LogP) is 5.11. The predicted molar refractivity (Wildman–Crippen MR) is 76.6 cm³/mol. The van der Waals surface area contributed by atoms with Gasteiger partial charge in [-0.3, -0.25) is 0 Å². The van der Waals surface area contributed by atoms with Gasteiger partial charge >= 0.3 is 0 Å². The Morgan fingerprint density at radius 3 is 2.06 bits per heavy atom. The molecule has 0 unspecified atom stereocenters. The van der Waals surface area contributed by atoms with E-state index in [2.05, 4.69) is 35.7 Å². The Morgan fingerprint density at radius 1 is 0.750 bits per heavy atom. The standard InChI is InChI=1S/C12H8S4/c13-12-6-5-11(16-12)10-4-3-9(15-10)8-2-1-7-14-8/h1-7,13H/p-1. The van der Waals surface area contributed by atoms with E-state index in [1.165, 1.54) is 19.5 Å². The van der Waals surface area contributed by atoms with Crippen LogP contribution in [0.1, 0.15) is 0 Å². The van der Waals surface area contributed by atoms with Crippen molar-refractivity contribution in [1.82, 2.24) is 0 Å². The molecule has 0 aliphatic carbocycles. The maximum Gasteiger partial charge on any atom is 0.0448 e. The third kappa shape index (κ3) is 1.94. The van der Waals surface area contributed by atoms with Gasteiger partial charge in [-0.2, -0.15) is 0 Å². The number of hydrogen-bond acceptors (Lipinski definition) is 4. The van der Waals surface area contributed by atoms with Gasteiger partial charge in [-0.15, -0.1) is 26.9 Å². The second-order valence-electron chi connectivity index (χ2n) is 3.26. The van der Waals surface area contributed by atoms with Crippen LogP contribution in [-0.4, -0.2) is 0 Å². The molecule has 0 saturated carbocycles. The molecular formula is C12H7S4-. The number of hydrogen-bond donors (Lipinski definition) is 0. The molecule has 0 N–H and O–H groups in total. The summed E-state index contributed by atoms with van der Waals surface area (Å²) in [4.78, 5) is 5.26. The van der Waals surface area contributed by atoms with E-state index < -0.39 is 0 Å². The number of rotatable bonds is 2. The first-order valence-electron chi connectivity index (χ1n) is 4.74. The van der Waals surface area contributed by atoms with E-state index >= 15 is 0 Å². The van der Waals surface area contributed by atoms with Crippen molar-refractivity contribution in [3.8, 4) is 19.5 Å². The molecule has 0 bridgehead atoms. The van der Waals surface area contributed by atoms with E-state index in [1.807, 2.05) is 17.4 Å². The molecule has 0 aliphatic rings. The second kappa shape index (κ2) is 4.30. The lowest BCUT2D eigenvalue weighted by Gasteiger charge is -1.96. The Labute approximate surface area is 112 Å². The lowest BCUT2D eigenvalue weighted by atomic mass is 10.3. The highest BCUT2D eigenvalue weighted by Gasteiger charge is 2.04. The summed E-state index contributed by atoms with van der Waals surface area (Å²) < 4.78 is 0.959. The van der Waals surface area contributed by atoms with Crippen LogP contribution >= 0.6 is 34.0 Å². The third-order valence-corrected chi connectivity index (χ3v) is 5.81. The summed E-state index contributed by atoms with van der Waals surface area (Å²) in [7, 11) is 0. The van der Waals surface area contributed by atoms with Crippen LogP contribution in [0, 0.1) is 0 Å². The maximum absolute atomic E-state index is 5.14. The molecule has 0 fully saturated rings. The van der Waals surface area contributed by atoms with Crippen LogP contribution in [0.2, 0.25) is 0 Å². The fraction of sp³-hybridized carbons (Fsp3) is 0. The Morgan fingerprint density at radius 2 is 1.44 bits per heavy atom. The van der Waals surface area contributed by atoms with E-state index in [4.69, 9.17) is 12.6 Å². The quantitative estimate of drug-likeness (QED) is 0.587. The molecule has 0 spiro atoms. The highest BCUT2D eigenvalue weighted by Crippen LogP contribution is 2.38. The van der Waals surface area contributed by atoms with Gasteiger partial charge in [0.25, 0.3) is 0 Å². The van der Waals surface area contributed by atoms with Gasteiger partial charge in [-0.25, -0.2) is 0 Å². The zero-order chi connectivity index (χ0) is 11.0. The zero-order valence-electron chi connectivity index (χ0n) is 8.17. The van der Waals surface area contributed by atoms with Crippen LogP contribution in [0.25, 0.3) is 19.5 Å². The van der Waals surface area contributed by atoms with Gasteiger partial charge in [0.1, 0.15) is 0 Å². The van der Waals surface area contributed by atoms with Crippen LogP contribution < -0.4 is 0 Å². The molecule has 0 atom stereocenters. The van der Waals surface area contributed by atoms with Crippen molar-refractivity contribution in [2.24, 2.45) is 0 Å². The molecule has 0 saturated heterocycles. The summed E-state index contributed by atoms with van der Waals surface area (Å²) in [5.74, 6) is 0. The van der Waals surface area contributed by atoms with Gasteiger partial charge in [0.2, 0.25) is 0 Å². The van der Waals surface area contributed by atoms with Crippen molar-refractivity contribution in [2.75, 3.05) is 0 Å². The monoisotopic (exact) mass is 279 g/mol. The fourth-order valence-corrected chi connectivity index (χ4v) is 4.48. The van der Waals surface area contributed by atoms with Gasteiger partial charge < -0.3 is 24.0 Å². The average molecular weight is 279 g/mol. The van der Waals surface area contributed by atoms with Crippen molar-refractivity contribution < 1.29 is 0 Å². The zero-order valence-corrected chi connectivity index (χ0v) is 11.4. The topological polar surface area (TPSA) is 0 Å². The molecule has 0 aromatic carbocycles. The third-order valence-electron chi connectivity index (χ3n) is 2.19. The summed E-state index contributed by atoms with van der Waals surface area (Å²) in [5.41, 5.74) is 0. The molecule has 16 heavy (non-hydrogen) atoms. The van der Waals surface area contributed by atoms with Crippen molar-refractivity contribution in [3.63, 3.8) is 0 Å². The van der Waals surface area contributed by atoms with Crippen LogP contribution in [0.5, 0.6) is 0 Å². The van der Waals surface area contributed by atoms with Crippen LogP contribution in [0.15, 0.2) is 46.0 Å². The van der Waals surface area contributed by atoms with E-state index in [-0.39, 0.29) is 0 Å². The lowest BCUT2D eigenvalue weighted by molar-refractivity contribution is 1.76. The van der Waals surface area contributed by atoms with Crippen LogP contribution in [-0.2, 0) is 12.6 Å². The molecule has 0 radical (unpaired) electrons. The normalized spacial score (nSPS) is 10.8. The van der Waals surface area contributed by atoms with Gasteiger partial charge in [0.15, 0.2) is 0 Å². The molecule has 3 rings (SSSR count). The van der Waals surface area contributed by atoms with Crippen LogP contribution in [0.3, 0.4) is 0 Å². The van der Waals surface area contributed by atoms with Gasteiger partial charge in [0, 0.05) is 14.6 Å². The van der Waals surface area contributed by atoms with Crippen molar-refractivity contribution in [2.45, 2.75) is 4.21 Å². The molecule has 3 heterocycles. The largest absolute Gasteiger partial charge is 0.428 e. The first kappa shape index (κ1) is 10.5. The summed E-state index contributed by atoms with van der Waals surface area (Å²) in [6.07, 6.45) is 0. The summed E-state index contributed by atoms with van der Waals surface area (Å²) in [6.45, 7) is 0. The first-order chi connectivity index (χ1) is 7.83. The molecule has 3 aromatic heterocycles. The van der Waals surface area contributed by atoms with Crippen molar-refractivity contribution >= 4 is 46.6 Å². The van der Waals surface area contributed by atoms with Crippen LogP contribution in [0.4, 0.5) is 0 Å². The average Bonchev–Trinajstić information content (AvgIpc) is 2.97. The minimum Gasteiger partial charge on any atom is -0.428 e. The first-order valence-corrected chi connectivity index (χ1v) is 7.66. The Kier molecular flexibility index (Phi) is 2.81. The number of thiophene rings is 3. The highest BCUT2D eigenvalue weighted by molar-refractivity contribution is 7.63. The smallest absolute Gasteiger partial charge is 0.0448 e. The van der Waals surface area contributed by atoms with E-state index in [0.29, 0.717) is 0 Å². The minimum atomic E-state index is 0.959. The lowest BCUT2D eigenvalue weighted by Crippen LogP contribution is -1.57. The molecule has 0 amide bonds. The molecule has 3 aromatic rings. The van der Waals surface area contributed by atoms with E-state index in [9.17, 15) is 0 Å². The van der Waals surface area contributed by atoms with E-state index in [1.54, 1.807) is 22.7 Å². The molecule has 80 valence electrons. The second-order valence-corrected chi connectivity index (χ2v) is 7.07.